The molecule has 3 rings (SSSR count). The molecule has 0 N–H and O–H groups in total. The van der Waals surface area contributed by atoms with E-state index in [0.29, 0.717) is 12.6 Å². The topological polar surface area (TPSA) is 38.8 Å². The Labute approximate surface area is 155 Å². The zero-order valence-corrected chi connectivity index (χ0v) is 15.9. The second kappa shape index (κ2) is 7.42. The normalized spacial score (nSPS) is 13.5. The lowest BCUT2D eigenvalue weighted by Gasteiger charge is -2.24. The Bertz CT molecular complexity index is 743. The second-order valence-electron chi connectivity index (χ2n) is 5.85. The number of benzene rings is 2. The summed E-state index contributed by atoms with van der Waals surface area (Å²) in [6.45, 7) is 0.523. The smallest absolute Gasteiger partial charge is 0.254 e. The van der Waals surface area contributed by atoms with Crippen molar-refractivity contribution in [2.24, 2.45) is 0 Å². The number of methoxy groups -OCH3 is 2. The van der Waals surface area contributed by atoms with Crippen LogP contribution in [-0.2, 0) is 6.54 Å². The Hall–Kier alpha value is -1.76. The Morgan fingerprint density at radius 2 is 1.96 bits per heavy atom. The molecule has 1 aliphatic rings. The number of carbonyl (C=O) groups is 1. The van der Waals surface area contributed by atoms with Crippen molar-refractivity contribution in [1.82, 2.24) is 4.90 Å². The van der Waals surface area contributed by atoms with Crippen molar-refractivity contribution in [2.75, 3.05) is 14.2 Å². The molecule has 0 saturated heterocycles. The number of hydrogen-bond donors (Lipinski definition) is 0. The van der Waals surface area contributed by atoms with Gasteiger partial charge in [0.25, 0.3) is 5.91 Å². The zero-order chi connectivity index (χ0) is 17.1. The first-order valence-electron chi connectivity index (χ1n) is 7.90. The van der Waals surface area contributed by atoms with E-state index in [2.05, 4.69) is 22.6 Å². The van der Waals surface area contributed by atoms with Crippen molar-refractivity contribution in [3.05, 3.63) is 57.2 Å². The van der Waals surface area contributed by atoms with E-state index in [1.807, 2.05) is 47.4 Å². The Balaban J connectivity index is 1.88. The summed E-state index contributed by atoms with van der Waals surface area (Å²) in [7, 11) is 3.29. The molecule has 0 heterocycles. The van der Waals surface area contributed by atoms with E-state index >= 15 is 0 Å². The summed E-state index contributed by atoms with van der Waals surface area (Å²) < 4.78 is 11.8. The minimum atomic E-state index is 0.0703. The largest absolute Gasteiger partial charge is 0.497 e. The van der Waals surface area contributed by atoms with Crippen LogP contribution in [0.5, 0.6) is 11.5 Å². The maximum atomic E-state index is 13.0. The molecule has 0 bridgehead atoms. The lowest BCUT2D eigenvalue weighted by atomic mass is 10.1. The van der Waals surface area contributed by atoms with Crippen LogP contribution in [-0.4, -0.2) is 31.1 Å². The van der Waals surface area contributed by atoms with Crippen molar-refractivity contribution in [3.63, 3.8) is 0 Å². The van der Waals surface area contributed by atoms with Gasteiger partial charge in [-0.1, -0.05) is 6.07 Å². The minimum absolute atomic E-state index is 0.0703. The predicted molar refractivity (Wildman–Crippen MR) is 102 cm³/mol. The zero-order valence-electron chi connectivity index (χ0n) is 13.8. The van der Waals surface area contributed by atoms with E-state index in [1.165, 1.54) is 0 Å². The summed E-state index contributed by atoms with van der Waals surface area (Å²) in [6, 6.07) is 13.7. The Morgan fingerprint density at radius 1 is 1.17 bits per heavy atom. The van der Waals surface area contributed by atoms with Crippen LogP contribution in [0, 0.1) is 3.57 Å². The van der Waals surface area contributed by atoms with Crippen LogP contribution >= 0.6 is 22.6 Å². The lowest BCUT2D eigenvalue weighted by Crippen LogP contribution is -2.32. The summed E-state index contributed by atoms with van der Waals surface area (Å²) in [5, 5.41) is 0. The number of amides is 1. The summed E-state index contributed by atoms with van der Waals surface area (Å²) in [5.74, 6) is 1.61. The van der Waals surface area contributed by atoms with Crippen LogP contribution in [0.25, 0.3) is 0 Å². The highest BCUT2D eigenvalue weighted by Crippen LogP contribution is 2.33. The van der Waals surface area contributed by atoms with Crippen LogP contribution in [0.1, 0.15) is 28.8 Å². The average molecular weight is 437 g/mol. The maximum Gasteiger partial charge on any atom is 0.254 e. The van der Waals surface area contributed by atoms with Gasteiger partial charge in [-0.25, -0.2) is 0 Å². The van der Waals surface area contributed by atoms with E-state index in [-0.39, 0.29) is 5.91 Å². The molecule has 0 unspecified atom stereocenters. The number of nitrogens with zero attached hydrogens (tertiary/aromatic N) is 1. The summed E-state index contributed by atoms with van der Waals surface area (Å²) >= 11 is 2.23. The van der Waals surface area contributed by atoms with Gasteiger partial charge in [0.05, 0.1) is 20.8 Å². The van der Waals surface area contributed by atoms with Gasteiger partial charge in [-0.15, -0.1) is 0 Å². The van der Waals surface area contributed by atoms with Gasteiger partial charge >= 0.3 is 0 Å². The molecular weight excluding hydrogens is 417 g/mol. The second-order valence-corrected chi connectivity index (χ2v) is 7.10. The van der Waals surface area contributed by atoms with Gasteiger partial charge < -0.3 is 14.4 Å². The Kier molecular flexibility index (Phi) is 5.28. The van der Waals surface area contributed by atoms with Gasteiger partial charge in [0.15, 0.2) is 0 Å². The highest BCUT2D eigenvalue weighted by atomic mass is 127. The fraction of sp³-hybridized carbons (Fsp3) is 0.316. The van der Waals surface area contributed by atoms with Crippen LogP contribution in [0.3, 0.4) is 0 Å². The van der Waals surface area contributed by atoms with Gasteiger partial charge in [0.1, 0.15) is 11.5 Å². The minimum Gasteiger partial charge on any atom is -0.497 e. The van der Waals surface area contributed by atoms with Crippen LogP contribution in [0.15, 0.2) is 42.5 Å². The Morgan fingerprint density at radius 3 is 2.58 bits per heavy atom. The van der Waals surface area contributed by atoms with Crippen molar-refractivity contribution >= 4 is 28.5 Å². The fourth-order valence-electron chi connectivity index (χ4n) is 2.73. The first kappa shape index (κ1) is 17.1. The van der Waals surface area contributed by atoms with Gasteiger partial charge in [0.2, 0.25) is 0 Å². The third-order valence-electron chi connectivity index (χ3n) is 4.15. The number of halogens is 1. The third kappa shape index (κ3) is 3.83. The highest BCUT2D eigenvalue weighted by Gasteiger charge is 2.33. The molecule has 0 aromatic heterocycles. The van der Waals surface area contributed by atoms with E-state index in [9.17, 15) is 4.79 Å². The molecule has 1 fully saturated rings. The van der Waals surface area contributed by atoms with Crippen molar-refractivity contribution in [3.8, 4) is 11.5 Å². The number of carbonyl (C=O) groups excluding carboxylic acids is 1. The van der Waals surface area contributed by atoms with Gasteiger partial charge in [-0.05, 0) is 71.8 Å². The molecule has 2 aromatic carbocycles. The average Bonchev–Trinajstić information content (AvgIpc) is 3.43. The molecule has 0 aliphatic heterocycles. The molecule has 5 heteroatoms. The standard InChI is InChI=1S/C19H20INO3/c1-23-17-8-9-18(24-2)14(11-17)12-21(16-6-7-16)19(22)13-4-3-5-15(20)10-13/h3-5,8-11,16H,6-7,12H2,1-2H3. The van der Waals surface area contributed by atoms with E-state index in [0.717, 1.165) is 39.0 Å². The highest BCUT2D eigenvalue weighted by molar-refractivity contribution is 14.1. The molecule has 0 spiro atoms. The first-order chi connectivity index (χ1) is 11.6. The lowest BCUT2D eigenvalue weighted by molar-refractivity contribution is 0.0728. The third-order valence-corrected chi connectivity index (χ3v) is 4.82. The number of rotatable bonds is 6. The summed E-state index contributed by atoms with van der Waals surface area (Å²) in [5.41, 5.74) is 1.69. The molecule has 4 nitrogen and oxygen atoms in total. The van der Waals surface area contributed by atoms with Gasteiger partial charge in [-0.3, -0.25) is 4.79 Å². The van der Waals surface area contributed by atoms with Gasteiger partial charge in [0, 0.05) is 20.7 Å². The number of ether oxygens (including phenoxy) is 2. The monoisotopic (exact) mass is 437 g/mol. The van der Waals surface area contributed by atoms with Crippen LogP contribution < -0.4 is 9.47 Å². The summed E-state index contributed by atoms with van der Waals surface area (Å²) in [4.78, 5) is 14.9. The molecule has 0 atom stereocenters. The van der Waals surface area contributed by atoms with Gasteiger partial charge in [-0.2, -0.15) is 0 Å². The molecule has 0 radical (unpaired) electrons. The molecule has 24 heavy (non-hydrogen) atoms. The quantitative estimate of drug-likeness (QED) is 0.639. The fourth-order valence-corrected chi connectivity index (χ4v) is 3.27. The summed E-state index contributed by atoms with van der Waals surface area (Å²) in [6.07, 6.45) is 2.11. The van der Waals surface area contributed by atoms with Crippen molar-refractivity contribution in [1.29, 1.82) is 0 Å². The first-order valence-corrected chi connectivity index (χ1v) is 8.97. The van der Waals surface area contributed by atoms with E-state index in [4.69, 9.17) is 9.47 Å². The molecule has 1 amide bonds. The maximum absolute atomic E-state index is 13.0. The molecule has 126 valence electrons. The van der Waals surface area contributed by atoms with Crippen LogP contribution in [0.4, 0.5) is 0 Å². The molecular formula is C19H20INO3. The van der Waals surface area contributed by atoms with Crippen molar-refractivity contribution in [2.45, 2.75) is 25.4 Å². The molecule has 1 aliphatic carbocycles. The van der Waals surface area contributed by atoms with E-state index < -0.39 is 0 Å². The van der Waals surface area contributed by atoms with E-state index in [1.54, 1.807) is 14.2 Å². The predicted octanol–water partition coefficient (Wildman–Crippen LogP) is 4.11. The molecule has 2 aromatic rings. The van der Waals surface area contributed by atoms with Crippen LogP contribution in [0.2, 0.25) is 0 Å². The SMILES string of the molecule is COc1ccc(OC)c(CN(C(=O)c2cccc(I)c2)C2CC2)c1. The number of hydrogen-bond acceptors (Lipinski definition) is 3. The molecule has 1 saturated carbocycles. The van der Waals surface area contributed by atoms with Crippen molar-refractivity contribution < 1.29 is 14.3 Å².